The Labute approximate surface area is 260 Å². The first kappa shape index (κ1) is 30.3. The molecule has 43 heavy (non-hydrogen) atoms. The molecule has 0 radical (unpaired) electrons. The van der Waals surface area contributed by atoms with Crippen LogP contribution in [0.3, 0.4) is 0 Å². The number of imide groups is 1. The van der Waals surface area contributed by atoms with Gasteiger partial charge in [-0.25, -0.2) is 14.5 Å². The van der Waals surface area contributed by atoms with E-state index in [0.29, 0.717) is 10.6 Å². The number of amides is 4. The molecule has 3 heterocycles. The number of hydrogen-bond donors (Lipinski definition) is 1. The van der Waals surface area contributed by atoms with Crippen LogP contribution in [-0.2, 0) is 35.1 Å². The van der Waals surface area contributed by atoms with Crippen molar-refractivity contribution in [3.05, 3.63) is 99.9 Å². The normalized spacial score (nSPS) is 17.4. The summed E-state index contributed by atoms with van der Waals surface area (Å²) in [6.45, 7) is -0.327. The van der Waals surface area contributed by atoms with Gasteiger partial charge in [0.25, 0.3) is 5.91 Å². The average Bonchev–Trinajstić information content (AvgIpc) is 3.46. The second kappa shape index (κ2) is 13.4. The first-order chi connectivity index (χ1) is 20.8. The number of rotatable bonds is 10. The van der Waals surface area contributed by atoms with E-state index in [4.69, 9.17) is 26.8 Å². The van der Waals surface area contributed by atoms with E-state index in [-0.39, 0.29) is 24.4 Å². The summed E-state index contributed by atoms with van der Waals surface area (Å²) in [6.07, 6.45) is -0.250. The number of nitrogens with zero attached hydrogens (tertiary/aromatic N) is 2. The van der Waals surface area contributed by atoms with Crippen LogP contribution >= 0.6 is 34.7 Å². The van der Waals surface area contributed by atoms with Crippen LogP contribution in [0.4, 0.5) is 10.5 Å². The van der Waals surface area contributed by atoms with Crippen LogP contribution in [0.15, 0.2) is 83.9 Å². The molecular formula is C30H26ClN3O7S2. The number of hydrogen-bond acceptors (Lipinski definition) is 9. The van der Waals surface area contributed by atoms with Crippen molar-refractivity contribution < 1.29 is 33.4 Å². The average molecular weight is 640 g/mol. The molecule has 2 aromatic carbocycles. The number of benzene rings is 2. The summed E-state index contributed by atoms with van der Waals surface area (Å²) in [7, 11) is 0. The maximum absolute atomic E-state index is 13.4. The van der Waals surface area contributed by atoms with Gasteiger partial charge in [-0.2, -0.15) is 0 Å². The maximum Gasteiger partial charge on any atom is 0.421 e. The number of primary amides is 1. The van der Waals surface area contributed by atoms with Gasteiger partial charge in [-0.15, -0.1) is 34.7 Å². The minimum absolute atomic E-state index is 0.126. The van der Waals surface area contributed by atoms with E-state index in [2.05, 4.69) is 0 Å². The van der Waals surface area contributed by atoms with E-state index in [1.165, 1.54) is 22.7 Å². The molecule has 13 heteroatoms. The van der Waals surface area contributed by atoms with Crippen LogP contribution in [0.2, 0.25) is 0 Å². The van der Waals surface area contributed by atoms with Crippen LogP contribution in [0.1, 0.15) is 22.1 Å². The summed E-state index contributed by atoms with van der Waals surface area (Å²) < 4.78 is 11.4. The molecule has 2 N–H and O–H groups in total. The third kappa shape index (κ3) is 6.46. The lowest BCUT2D eigenvalue weighted by atomic mass is 9.97. The number of halogens is 1. The zero-order valence-corrected chi connectivity index (χ0v) is 25.0. The highest BCUT2D eigenvalue weighted by molar-refractivity contribution is 8.00. The molecular weight excluding hydrogens is 614 g/mol. The van der Waals surface area contributed by atoms with Crippen LogP contribution in [0.25, 0.3) is 0 Å². The van der Waals surface area contributed by atoms with Crippen molar-refractivity contribution in [3.8, 4) is 0 Å². The molecule has 1 aromatic heterocycles. The number of fused-ring (bicyclic) bond motifs is 1. The van der Waals surface area contributed by atoms with E-state index in [1.54, 1.807) is 11.5 Å². The Morgan fingerprint density at radius 1 is 1.02 bits per heavy atom. The van der Waals surface area contributed by atoms with Crippen molar-refractivity contribution in [3.63, 3.8) is 0 Å². The van der Waals surface area contributed by atoms with Crippen LogP contribution in [0.5, 0.6) is 0 Å². The van der Waals surface area contributed by atoms with E-state index < -0.39 is 53.1 Å². The molecule has 1 saturated heterocycles. The molecule has 10 nitrogen and oxygen atoms in total. The second-order valence-corrected chi connectivity index (χ2v) is 12.0. The summed E-state index contributed by atoms with van der Waals surface area (Å²) in [5.74, 6) is -3.28. The van der Waals surface area contributed by atoms with Crippen molar-refractivity contribution in [1.29, 1.82) is 0 Å². The second-order valence-electron chi connectivity index (χ2n) is 9.55. The molecule has 4 amide bonds. The fraction of sp³-hybridized carbons (Fsp3) is 0.233. The van der Waals surface area contributed by atoms with Crippen molar-refractivity contribution in [1.82, 2.24) is 4.90 Å². The number of anilines is 1. The third-order valence-corrected chi connectivity index (χ3v) is 9.20. The quantitative estimate of drug-likeness (QED) is 0.198. The summed E-state index contributed by atoms with van der Waals surface area (Å²) in [6, 6.07) is 20.1. The molecule has 2 aliphatic heterocycles. The van der Waals surface area contributed by atoms with Crippen LogP contribution in [-0.4, -0.2) is 58.3 Å². The summed E-state index contributed by atoms with van der Waals surface area (Å²) in [5, 5.41) is 1.14. The van der Waals surface area contributed by atoms with Gasteiger partial charge < -0.3 is 15.2 Å². The molecule has 1 fully saturated rings. The molecule has 0 bridgehead atoms. The number of carbonyl (C=O) groups is 5. The van der Waals surface area contributed by atoms with E-state index in [1.807, 2.05) is 60.7 Å². The number of carbonyl (C=O) groups excluding carboxylic acids is 5. The highest BCUT2D eigenvalue weighted by Crippen LogP contribution is 2.42. The van der Waals surface area contributed by atoms with E-state index in [0.717, 1.165) is 27.4 Å². The number of alkyl halides is 1. The van der Waals surface area contributed by atoms with Gasteiger partial charge in [-0.3, -0.25) is 19.3 Å². The Hall–Kier alpha value is -4.13. The van der Waals surface area contributed by atoms with E-state index >= 15 is 0 Å². The van der Waals surface area contributed by atoms with Gasteiger partial charge in [0.05, 0.1) is 17.5 Å². The van der Waals surface area contributed by atoms with Crippen LogP contribution in [0, 0.1) is 5.92 Å². The maximum atomic E-state index is 13.4. The molecule has 2 aliphatic rings. The minimum atomic E-state index is -1.04. The van der Waals surface area contributed by atoms with Crippen molar-refractivity contribution in [2.24, 2.45) is 11.7 Å². The Morgan fingerprint density at radius 2 is 1.67 bits per heavy atom. The summed E-state index contributed by atoms with van der Waals surface area (Å²) >= 11 is 8.30. The predicted molar refractivity (Wildman–Crippen MR) is 162 cm³/mol. The van der Waals surface area contributed by atoms with Gasteiger partial charge in [0.2, 0.25) is 11.8 Å². The predicted octanol–water partition coefficient (Wildman–Crippen LogP) is 4.23. The monoisotopic (exact) mass is 639 g/mol. The topological polar surface area (TPSA) is 136 Å². The lowest BCUT2D eigenvalue weighted by molar-refractivity contribution is -0.157. The number of thioether (sulfide) groups is 1. The fourth-order valence-corrected chi connectivity index (χ4v) is 7.06. The molecule has 0 saturated carbocycles. The zero-order valence-electron chi connectivity index (χ0n) is 22.6. The number of ether oxygens (including phenoxy) is 2. The number of thiophene rings is 1. The number of β-lactam (4-membered cyclic amide) rings is 1. The Bertz CT molecular complexity index is 1520. The van der Waals surface area contributed by atoms with Gasteiger partial charge in [0.1, 0.15) is 24.1 Å². The first-order valence-corrected chi connectivity index (χ1v) is 15.6. The standard InChI is InChI=1S/C30H26ClN3O7S2/c31-16-25(36)33(21-11-13-42-23(21)15-24(32)35)30(39)40-17-20-27(37)34-22(12-14-43-28(20)34)29(38)41-26(18-7-3-1-4-8-18)19-9-5-2-6-10-19/h1-13,20,26,28H,14-17H2,(H2,32,35)/t20?,28-/m0/s1. The van der Waals surface area contributed by atoms with Crippen molar-refractivity contribution in [2.75, 3.05) is 23.1 Å². The molecule has 0 spiro atoms. The summed E-state index contributed by atoms with van der Waals surface area (Å²) in [4.78, 5) is 66.2. The van der Waals surface area contributed by atoms with E-state index in [9.17, 15) is 24.0 Å². The molecule has 0 aliphatic carbocycles. The highest BCUT2D eigenvalue weighted by Gasteiger charge is 2.53. The molecule has 1 unspecified atom stereocenters. The Kier molecular flexibility index (Phi) is 9.49. The molecule has 3 aromatic rings. The van der Waals surface area contributed by atoms with Crippen molar-refractivity contribution >= 4 is 70.2 Å². The lowest BCUT2D eigenvalue weighted by Gasteiger charge is -2.48. The minimum Gasteiger partial charge on any atom is -0.448 e. The number of nitrogens with two attached hydrogens (primary N) is 1. The smallest absolute Gasteiger partial charge is 0.421 e. The highest BCUT2D eigenvalue weighted by atomic mass is 35.5. The van der Waals surface area contributed by atoms with Gasteiger partial charge in [0.15, 0.2) is 6.10 Å². The lowest BCUT2D eigenvalue weighted by Crippen LogP contribution is -2.62. The molecule has 222 valence electrons. The first-order valence-electron chi connectivity index (χ1n) is 13.2. The van der Waals surface area contributed by atoms with Gasteiger partial charge in [-0.05, 0) is 28.6 Å². The van der Waals surface area contributed by atoms with Gasteiger partial charge in [0, 0.05) is 10.6 Å². The Balaban J connectivity index is 1.27. The Morgan fingerprint density at radius 3 is 2.28 bits per heavy atom. The summed E-state index contributed by atoms with van der Waals surface area (Å²) in [5.41, 5.74) is 7.13. The van der Waals surface area contributed by atoms with Crippen LogP contribution < -0.4 is 10.6 Å². The fourth-order valence-electron chi connectivity index (χ4n) is 4.82. The SMILES string of the molecule is NC(=O)Cc1sccc1N(C(=O)CCl)C(=O)OCC1C(=O)N2C(C(=O)OC(c3ccccc3)c3ccccc3)=CCS[C@@H]12. The third-order valence-electron chi connectivity index (χ3n) is 6.83. The number of esters is 1. The van der Waals surface area contributed by atoms with Gasteiger partial charge >= 0.3 is 12.1 Å². The zero-order chi connectivity index (χ0) is 30.5. The largest absolute Gasteiger partial charge is 0.448 e. The van der Waals surface area contributed by atoms with Gasteiger partial charge in [-0.1, -0.05) is 60.7 Å². The molecule has 5 rings (SSSR count). The molecule has 2 atom stereocenters. The van der Waals surface area contributed by atoms with Crippen molar-refractivity contribution in [2.45, 2.75) is 17.9 Å².